The molecular weight excluding hydrogens is 278 g/mol. The number of phenols is 1. The molecule has 114 valence electrons. The summed E-state index contributed by atoms with van der Waals surface area (Å²) in [5.74, 6) is -0.0336. The highest BCUT2D eigenvalue weighted by molar-refractivity contribution is 5.86. The minimum atomic E-state index is -0.404. The van der Waals surface area contributed by atoms with Crippen LogP contribution in [-0.4, -0.2) is 23.3 Å². The summed E-state index contributed by atoms with van der Waals surface area (Å²) in [5, 5.41) is 16.2. The molecule has 0 spiro atoms. The highest BCUT2D eigenvalue weighted by Gasteiger charge is 2.11. The van der Waals surface area contributed by atoms with E-state index in [1.807, 2.05) is 31.2 Å². The lowest BCUT2D eigenvalue weighted by molar-refractivity contribution is -0.121. The first-order chi connectivity index (χ1) is 10.5. The Kier molecular flexibility index (Phi) is 5.14. The molecule has 0 aliphatic rings. The summed E-state index contributed by atoms with van der Waals surface area (Å²) in [4.78, 5) is 11.9. The van der Waals surface area contributed by atoms with Gasteiger partial charge in [-0.15, -0.1) is 0 Å². The summed E-state index contributed by atoms with van der Waals surface area (Å²) < 4.78 is 0. The van der Waals surface area contributed by atoms with Crippen molar-refractivity contribution in [1.82, 2.24) is 5.43 Å². The number of hydrogen-bond acceptors (Lipinski definition) is 4. The van der Waals surface area contributed by atoms with E-state index in [1.54, 1.807) is 31.2 Å². The second kappa shape index (κ2) is 7.26. The Hall–Kier alpha value is -2.82. The standard InChI is InChI=1S/C17H19N3O2/c1-12-4-3-5-15(10-12)19-13(2)17(22)20-18-11-14-6-8-16(21)9-7-14/h3-11,13,19,21H,1-2H3,(H,20,22)/b18-11+. The number of aryl methyl sites for hydroxylation is 1. The second-order valence-corrected chi connectivity index (χ2v) is 5.06. The van der Waals surface area contributed by atoms with Gasteiger partial charge in [0.05, 0.1) is 6.21 Å². The van der Waals surface area contributed by atoms with Crippen molar-refractivity contribution in [2.45, 2.75) is 19.9 Å². The van der Waals surface area contributed by atoms with Crippen molar-refractivity contribution in [3.8, 4) is 5.75 Å². The molecule has 2 aromatic carbocycles. The molecule has 0 bridgehead atoms. The highest BCUT2D eigenvalue weighted by Crippen LogP contribution is 2.11. The van der Waals surface area contributed by atoms with E-state index in [0.717, 1.165) is 16.8 Å². The van der Waals surface area contributed by atoms with Gasteiger partial charge < -0.3 is 10.4 Å². The fourth-order valence-electron chi connectivity index (χ4n) is 1.88. The van der Waals surface area contributed by atoms with E-state index < -0.39 is 6.04 Å². The van der Waals surface area contributed by atoms with Gasteiger partial charge >= 0.3 is 0 Å². The van der Waals surface area contributed by atoms with Crippen LogP contribution in [0.2, 0.25) is 0 Å². The van der Waals surface area contributed by atoms with Gasteiger partial charge in [-0.25, -0.2) is 5.43 Å². The average molecular weight is 297 g/mol. The highest BCUT2D eigenvalue weighted by atomic mass is 16.3. The van der Waals surface area contributed by atoms with Crippen molar-refractivity contribution in [3.05, 3.63) is 59.7 Å². The predicted molar refractivity (Wildman–Crippen MR) is 88.1 cm³/mol. The van der Waals surface area contributed by atoms with Gasteiger partial charge in [0.15, 0.2) is 0 Å². The Morgan fingerprint density at radius 2 is 1.95 bits per heavy atom. The molecule has 0 aliphatic carbocycles. The Morgan fingerprint density at radius 3 is 2.64 bits per heavy atom. The van der Waals surface area contributed by atoms with E-state index in [2.05, 4.69) is 15.8 Å². The quantitative estimate of drug-likeness (QED) is 0.587. The van der Waals surface area contributed by atoms with Gasteiger partial charge in [0.2, 0.25) is 0 Å². The summed E-state index contributed by atoms with van der Waals surface area (Å²) >= 11 is 0. The molecule has 0 heterocycles. The molecular formula is C17H19N3O2. The molecule has 5 nitrogen and oxygen atoms in total. The van der Waals surface area contributed by atoms with E-state index in [1.165, 1.54) is 6.21 Å². The molecule has 2 aromatic rings. The van der Waals surface area contributed by atoms with Crippen LogP contribution in [0.4, 0.5) is 5.69 Å². The maximum Gasteiger partial charge on any atom is 0.262 e. The van der Waals surface area contributed by atoms with Gasteiger partial charge in [-0.05, 0) is 61.4 Å². The van der Waals surface area contributed by atoms with Crippen LogP contribution in [0.25, 0.3) is 0 Å². The zero-order valence-corrected chi connectivity index (χ0v) is 12.6. The monoisotopic (exact) mass is 297 g/mol. The van der Waals surface area contributed by atoms with E-state index >= 15 is 0 Å². The van der Waals surface area contributed by atoms with Crippen LogP contribution in [0.5, 0.6) is 5.75 Å². The molecule has 5 heteroatoms. The Balaban J connectivity index is 1.87. The van der Waals surface area contributed by atoms with Gasteiger partial charge in [0.1, 0.15) is 11.8 Å². The number of hydrogen-bond donors (Lipinski definition) is 3. The SMILES string of the molecule is Cc1cccc(NC(C)C(=O)N/N=C/c2ccc(O)cc2)c1. The molecule has 2 rings (SSSR count). The van der Waals surface area contributed by atoms with Crippen molar-refractivity contribution >= 4 is 17.8 Å². The summed E-state index contributed by atoms with van der Waals surface area (Å²) in [7, 11) is 0. The lowest BCUT2D eigenvalue weighted by Crippen LogP contribution is -2.34. The molecule has 3 N–H and O–H groups in total. The zero-order chi connectivity index (χ0) is 15.9. The molecule has 22 heavy (non-hydrogen) atoms. The van der Waals surface area contributed by atoms with Gasteiger partial charge in [-0.2, -0.15) is 5.10 Å². The summed E-state index contributed by atoms with van der Waals surface area (Å²) in [6, 6.07) is 14.0. The summed E-state index contributed by atoms with van der Waals surface area (Å²) in [5.41, 5.74) is 5.30. The van der Waals surface area contributed by atoms with Crippen LogP contribution < -0.4 is 10.7 Å². The van der Waals surface area contributed by atoms with Crippen LogP contribution in [0.15, 0.2) is 53.6 Å². The Bertz CT molecular complexity index is 666. The van der Waals surface area contributed by atoms with Crippen LogP contribution in [0.1, 0.15) is 18.1 Å². The van der Waals surface area contributed by atoms with Crippen LogP contribution >= 0.6 is 0 Å². The third-order valence-corrected chi connectivity index (χ3v) is 3.08. The minimum Gasteiger partial charge on any atom is -0.508 e. The Morgan fingerprint density at radius 1 is 1.23 bits per heavy atom. The first kappa shape index (κ1) is 15.6. The molecule has 1 amide bonds. The maximum absolute atomic E-state index is 11.9. The Labute approximate surface area is 129 Å². The largest absolute Gasteiger partial charge is 0.508 e. The number of hydrazone groups is 1. The number of carbonyl (C=O) groups is 1. The number of anilines is 1. The van der Waals surface area contributed by atoms with E-state index in [9.17, 15) is 9.90 Å². The molecule has 0 aliphatic heterocycles. The topological polar surface area (TPSA) is 73.7 Å². The summed E-state index contributed by atoms with van der Waals surface area (Å²) in [6.45, 7) is 3.77. The fraction of sp³-hybridized carbons (Fsp3) is 0.176. The van der Waals surface area contributed by atoms with Gasteiger partial charge in [0.25, 0.3) is 5.91 Å². The van der Waals surface area contributed by atoms with Crippen LogP contribution in [0.3, 0.4) is 0 Å². The van der Waals surface area contributed by atoms with E-state index in [0.29, 0.717) is 0 Å². The van der Waals surface area contributed by atoms with Gasteiger partial charge in [0, 0.05) is 5.69 Å². The average Bonchev–Trinajstić information content (AvgIpc) is 2.49. The number of phenolic OH excluding ortho intramolecular Hbond substituents is 1. The van der Waals surface area contributed by atoms with E-state index in [4.69, 9.17) is 0 Å². The number of rotatable bonds is 5. The first-order valence-corrected chi connectivity index (χ1v) is 7.00. The molecule has 1 atom stereocenters. The first-order valence-electron chi connectivity index (χ1n) is 7.00. The molecule has 0 saturated heterocycles. The molecule has 0 saturated carbocycles. The van der Waals surface area contributed by atoms with Crippen molar-refractivity contribution < 1.29 is 9.90 Å². The van der Waals surface area contributed by atoms with Crippen molar-refractivity contribution in [3.63, 3.8) is 0 Å². The normalized spacial score (nSPS) is 12.1. The third kappa shape index (κ3) is 4.63. The fourth-order valence-corrected chi connectivity index (χ4v) is 1.88. The number of nitrogens with one attached hydrogen (secondary N) is 2. The van der Waals surface area contributed by atoms with Gasteiger partial charge in [-0.3, -0.25) is 4.79 Å². The number of amides is 1. The predicted octanol–water partition coefficient (Wildman–Crippen LogP) is 2.65. The number of carbonyl (C=O) groups excluding carboxylic acids is 1. The van der Waals surface area contributed by atoms with E-state index in [-0.39, 0.29) is 11.7 Å². The zero-order valence-electron chi connectivity index (χ0n) is 12.6. The van der Waals surface area contributed by atoms with Crippen LogP contribution in [0, 0.1) is 6.92 Å². The third-order valence-electron chi connectivity index (χ3n) is 3.08. The lowest BCUT2D eigenvalue weighted by atomic mass is 10.2. The molecule has 0 aromatic heterocycles. The number of benzene rings is 2. The lowest BCUT2D eigenvalue weighted by Gasteiger charge is -2.13. The smallest absolute Gasteiger partial charge is 0.262 e. The van der Waals surface area contributed by atoms with Crippen molar-refractivity contribution in [1.29, 1.82) is 0 Å². The number of nitrogens with zero attached hydrogens (tertiary/aromatic N) is 1. The van der Waals surface area contributed by atoms with Crippen LogP contribution in [-0.2, 0) is 4.79 Å². The molecule has 0 radical (unpaired) electrons. The van der Waals surface area contributed by atoms with Crippen molar-refractivity contribution in [2.24, 2.45) is 5.10 Å². The van der Waals surface area contributed by atoms with Gasteiger partial charge in [-0.1, -0.05) is 12.1 Å². The second-order valence-electron chi connectivity index (χ2n) is 5.06. The molecule has 1 unspecified atom stereocenters. The molecule has 0 fully saturated rings. The maximum atomic E-state index is 11.9. The number of aromatic hydroxyl groups is 1. The minimum absolute atomic E-state index is 0.192. The van der Waals surface area contributed by atoms with Crippen molar-refractivity contribution in [2.75, 3.05) is 5.32 Å². The summed E-state index contributed by atoms with van der Waals surface area (Å²) in [6.07, 6.45) is 1.52.